The number of nitrogens with zero attached hydrogens (tertiary/aromatic N) is 5. The molecule has 0 bridgehead atoms. The standard InChI is InChI=1S/C23H21Cl2N7O/c1-26-23(33)18-12-31(11-10-27-18)21-19-22(29-13-28-21)32(15-8-6-14(24)7-9-15)20(30-19)16-4-2-3-5-17(16)25/h2-9,13,18,27H,10-12H2,1H3,(H,26,33). The van der Waals surface area contributed by atoms with Crippen molar-refractivity contribution in [1.29, 1.82) is 0 Å². The SMILES string of the molecule is CNC(=O)C1CN(c2ncnc3c2nc(-c2ccccc2Cl)n3-c2ccc(Cl)cc2)CCN1. The fraction of sp³-hybridized carbons (Fsp3) is 0.217. The summed E-state index contributed by atoms with van der Waals surface area (Å²) in [6.07, 6.45) is 1.53. The van der Waals surface area contributed by atoms with E-state index in [1.807, 2.05) is 53.1 Å². The number of amides is 1. The smallest absolute Gasteiger partial charge is 0.238 e. The topological polar surface area (TPSA) is 88.0 Å². The van der Waals surface area contributed by atoms with Gasteiger partial charge in [0.1, 0.15) is 18.2 Å². The zero-order chi connectivity index (χ0) is 22.9. The number of piperazine rings is 1. The second-order valence-electron chi connectivity index (χ2n) is 7.66. The van der Waals surface area contributed by atoms with Crippen LogP contribution in [0.1, 0.15) is 0 Å². The van der Waals surface area contributed by atoms with Crippen molar-refractivity contribution in [3.63, 3.8) is 0 Å². The maximum Gasteiger partial charge on any atom is 0.238 e. The summed E-state index contributed by atoms with van der Waals surface area (Å²) in [7, 11) is 1.63. The molecule has 33 heavy (non-hydrogen) atoms. The van der Waals surface area contributed by atoms with Crippen molar-refractivity contribution in [2.75, 3.05) is 31.6 Å². The van der Waals surface area contributed by atoms with E-state index in [-0.39, 0.29) is 11.9 Å². The van der Waals surface area contributed by atoms with Gasteiger partial charge in [-0.2, -0.15) is 0 Å². The highest BCUT2D eigenvalue weighted by Crippen LogP contribution is 2.34. The van der Waals surface area contributed by atoms with Gasteiger partial charge in [-0.25, -0.2) is 15.0 Å². The first-order chi connectivity index (χ1) is 16.1. The molecule has 0 saturated carbocycles. The number of hydrogen-bond donors (Lipinski definition) is 2. The van der Waals surface area contributed by atoms with Gasteiger partial charge in [0.05, 0.1) is 5.02 Å². The molecule has 4 aromatic rings. The van der Waals surface area contributed by atoms with Crippen LogP contribution in [-0.4, -0.2) is 58.1 Å². The number of benzene rings is 2. The largest absolute Gasteiger partial charge is 0.358 e. The predicted octanol–water partition coefficient (Wildman–Crippen LogP) is 3.31. The van der Waals surface area contributed by atoms with E-state index in [0.29, 0.717) is 52.5 Å². The van der Waals surface area contributed by atoms with E-state index in [1.54, 1.807) is 7.05 Å². The Bertz CT molecular complexity index is 1320. The second-order valence-corrected chi connectivity index (χ2v) is 8.51. The number of imidazole rings is 1. The number of aromatic nitrogens is 4. The van der Waals surface area contributed by atoms with Gasteiger partial charge in [-0.15, -0.1) is 0 Å². The van der Waals surface area contributed by atoms with Crippen LogP contribution in [0.25, 0.3) is 28.2 Å². The van der Waals surface area contributed by atoms with Gasteiger partial charge in [-0.05, 0) is 36.4 Å². The van der Waals surface area contributed by atoms with Crippen LogP contribution in [0.15, 0.2) is 54.9 Å². The number of hydrogen-bond acceptors (Lipinski definition) is 6. The molecule has 0 radical (unpaired) electrons. The summed E-state index contributed by atoms with van der Waals surface area (Å²) in [5.41, 5.74) is 2.92. The molecule has 1 atom stereocenters. The Labute approximate surface area is 200 Å². The lowest BCUT2D eigenvalue weighted by atomic mass is 10.2. The highest BCUT2D eigenvalue weighted by atomic mass is 35.5. The molecule has 1 aliphatic heterocycles. The molecule has 168 valence electrons. The van der Waals surface area contributed by atoms with E-state index in [4.69, 9.17) is 28.2 Å². The van der Waals surface area contributed by atoms with Gasteiger partial charge in [0.15, 0.2) is 17.0 Å². The Morgan fingerprint density at radius 1 is 1.12 bits per heavy atom. The first kappa shape index (κ1) is 21.6. The third-order valence-corrected chi connectivity index (χ3v) is 6.24. The first-order valence-electron chi connectivity index (χ1n) is 10.5. The van der Waals surface area contributed by atoms with Gasteiger partial charge in [0, 0.05) is 43.0 Å². The summed E-state index contributed by atoms with van der Waals surface area (Å²) in [6, 6.07) is 14.7. The van der Waals surface area contributed by atoms with Crippen LogP contribution >= 0.6 is 23.2 Å². The van der Waals surface area contributed by atoms with E-state index in [2.05, 4.69) is 25.5 Å². The van der Waals surface area contributed by atoms with Crippen molar-refractivity contribution in [2.24, 2.45) is 0 Å². The van der Waals surface area contributed by atoms with Crippen LogP contribution in [0.2, 0.25) is 10.0 Å². The lowest BCUT2D eigenvalue weighted by Gasteiger charge is -2.33. The van der Waals surface area contributed by atoms with Crippen molar-refractivity contribution in [1.82, 2.24) is 30.2 Å². The molecule has 1 aliphatic rings. The monoisotopic (exact) mass is 481 g/mol. The van der Waals surface area contributed by atoms with Gasteiger partial charge >= 0.3 is 0 Å². The molecule has 0 aliphatic carbocycles. The van der Waals surface area contributed by atoms with Gasteiger partial charge in [0.25, 0.3) is 0 Å². The lowest BCUT2D eigenvalue weighted by molar-refractivity contribution is -0.122. The Balaban J connectivity index is 1.70. The van der Waals surface area contributed by atoms with E-state index < -0.39 is 0 Å². The molecule has 1 fully saturated rings. The minimum atomic E-state index is -0.338. The summed E-state index contributed by atoms with van der Waals surface area (Å²) in [6.45, 7) is 1.81. The fourth-order valence-electron chi connectivity index (χ4n) is 4.06. The lowest BCUT2D eigenvalue weighted by Crippen LogP contribution is -2.57. The molecule has 0 spiro atoms. The van der Waals surface area contributed by atoms with Crippen molar-refractivity contribution >= 4 is 46.1 Å². The molecule has 3 heterocycles. The molecule has 1 amide bonds. The van der Waals surface area contributed by atoms with Crippen LogP contribution in [0.4, 0.5) is 5.82 Å². The van der Waals surface area contributed by atoms with Crippen molar-refractivity contribution in [2.45, 2.75) is 6.04 Å². The quantitative estimate of drug-likeness (QED) is 0.464. The van der Waals surface area contributed by atoms with Crippen LogP contribution in [0.5, 0.6) is 0 Å². The van der Waals surface area contributed by atoms with Crippen LogP contribution in [0.3, 0.4) is 0 Å². The number of anilines is 1. The van der Waals surface area contributed by atoms with Crippen LogP contribution < -0.4 is 15.5 Å². The average Bonchev–Trinajstić information content (AvgIpc) is 3.24. The zero-order valence-corrected chi connectivity index (χ0v) is 19.3. The van der Waals surface area contributed by atoms with Gasteiger partial charge < -0.3 is 15.5 Å². The van der Waals surface area contributed by atoms with Crippen molar-refractivity contribution in [3.05, 3.63) is 64.9 Å². The number of carbonyl (C=O) groups is 1. The molecule has 2 aromatic carbocycles. The van der Waals surface area contributed by atoms with Crippen molar-refractivity contribution < 1.29 is 4.79 Å². The van der Waals surface area contributed by atoms with E-state index in [0.717, 1.165) is 11.3 Å². The number of fused-ring (bicyclic) bond motifs is 1. The molecule has 2 aromatic heterocycles. The third-order valence-electron chi connectivity index (χ3n) is 5.66. The van der Waals surface area contributed by atoms with Gasteiger partial charge in [0.2, 0.25) is 5.91 Å². The fourth-order valence-corrected chi connectivity index (χ4v) is 4.41. The first-order valence-corrected chi connectivity index (χ1v) is 11.3. The third kappa shape index (κ3) is 4.01. The molecule has 10 heteroatoms. The Morgan fingerprint density at radius 2 is 1.91 bits per heavy atom. The molecule has 8 nitrogen and oxygen atoms in total. The molecule has 1 unspecified atom stereocenters. The van der Waals surface area contributed by atoms with E-state index in [9.17, 15) is 4.79 Å². The van der Waals surface area contributed by atoms with Crippen LogP contribution in [-0.2, 0) is 4.79 Å². The molecule has 1 saturated heterocycles. The Hall–Kier alpha value is -3.20. The minimum Gasteiger partial charge on any atom is -0.358 e. The summed E-state index contributed by atoms with van der Waals surface area (Å²) < 4.78 is 1.95. The van der Waals surface area contributed by atoms with E-state index in [1.165, 1.54) is 6.33 Å². The summed E-state index contributed by atoms with van der Waals surface area (Å²) in [4.78, 5) is 28.4. The molecular weight excluding hydrogens is 461 g/mol. The number of rotatable bonds is 4. The molecule has 5 rings (SSSR count). The number of nitrogens with one attached hydrogen (secondary N) is 2. The van der Waals surface area contributed by atoms with Crippen LogP contribution in [0, 0.1) is 0 Å². The van der Waals surface area contributed by atoms with Crippen molar-refractivity contribution in [3.8, 4) is 17.1 Å². The maximum atomic E-state index is 12.2. The average molecular weight is 482 g/mol. The number of carbonyl (C=O) groups excluding carboxylic acids is 1. The second kappa shape index (κ2) is 8.97. The summed E-state index contributed by atoms with van der Waals surface area (Å²) in [5.74, 6) is 1.27. The maximum absolute atomic E-state index is 12.2. The number of halogens is 2. The zero-order valence-electron chi connectivity index (χ0n) is 17.8. The molecule has 2 N–H and O–H groups in total. The summed E-state index contributed by atoms with van der Waals surface area (Å²) in [5, 5.41) is 7.17. The summed E-state index contributed by atoms with van der Waals surface area (Å²) >= 11 is 12.7. The number of likely N-dealkylation sites (N-methyl/N-ethyl adjacent to an activating group) is 1. The minimum absolute atomic E-state index is 0.0616. The Morgan fingerprint density at radius 3 is 2.67 bits per heavy atom. The van der Waals surface area contributed by atoms with E-state index >= 15 is 0 Å². The molecular formula is C23H21Cl2N7O. The van der Waals surface area contributed by atoms with Gasteiger partial charge in [-0.1, -0.05) is 35.3 Å². The highest BCUT2D eigenvalue weighted by Gasteiger charge is 2.28. The Kier molecular flexibility index (Phi) is 5.88. The normalized spacial score (nSPS) is 16.2. The predicted molar refractivity (Wildman–Crippen MR) is 130 cm³/mol. The van der Waals surface area contributed by atoms with Gasteiger partial charge in [-0.3, -0.25) is 9.36 Å². The highest BCUT2D eigenvalue weighted by molar-refractivity contribution is 6.33.